The Hall–Kier alpha value is -1.81. The average Bonchev–Trinajstić information content (AvgIpc) is 2.79. The molecule has 0 saturated carbocycles. The lowest BCUT2D eigenvalue weighted by molar-refractivity contribution is 0.763. The molecule has 4 aromatic rings. The van der Waals surface area contributed by atoms with Crippen molar-refractivity contribution < 1.29 is 0 Å². The third-order valence-corrected chi connectivity index (χ3v) is 7.44. The van der Waals surface area contributed by atoms with Gasteiger partial charge in [-0.25, -0.2) is 0 Å². The van der Waals surface area contributed by atoms with Crippen LogP contribution in [0.4, 0.5) is 0 Å². The number of benzene rings is 2. The molecular weight excluding hydrogens is 443 g/mol. The summed E-state index contributed by atoms with van der Waals surface area (Å²) in [7, 11) is 0. The fraction of sp³-hybridized carbons (Fsp3) is 0.308. The van der Waals surface area contributed by atoms with Crippen LogP contribution in [0.25, 0.3) is 21.8 Å². The Morgan fingerprint density at radius 2 is 1.06 bits per heavy atom. The molecule has 0 aliphatic rings. The fourth-order valence-electron chi connectivity index (χ4n) is 3.86. The summed E-state index contributed by atoms with van der Waals surface area (Å²) in [6, 6.07) is 25.1. The first-order valence-corrected chi connectivity index (χ1v) is 12.7. The minimum Gasteiger partial charge on any atom is -0.253 e. The average molecular weight is 469 g/mol. The van der Waals surface area contributed by atoms with Gasteiger partial charge >= 0.3 is 0 Å². The molecule has 0 spiro atoms. The summed E-state index contributed by atoms with van der Waals surface area (Å²) in [4.78, 5) is 9.75. The number of para-hydroxylation sites is 2. The molecule has 31 heavy (non-hydrogen) atoms. The Labute approximate surface area is 198 Å². The molecular formula is C26H26Cl2N2S. The number of thioether (sulfide) groups is 1. The van der Waals surface area contributed by atoms with Gasteiger partial charge < -0.3 is 0 Å². The van der Waals surface area contributed by atoms with Gasteiger partial charge in [-0.3, -0.25) is 9.97 Å². The highest BCUT2D eigenvalue weighted by Crippen LogP contribution is 2.29. The van der Waals surface area contributed by atoms with Crippen LogP contribution in [-0.2, 0) is 12.8 Å². The van der Waals surface area contributed by atoms with Crippen molar-refractivity contribution in [3.8, 4) is 0 Å². The van der Waals surface area contributed by atoms with E-state index in [-0.39, 0.29) is 0 Å². The van der Waals surface area contributed by atoms with Gasteiger partial charge in [-0.2, -0.15) is 11.8 Å². The molecule has 2 atom stereocenters. The van der Waals surface area contributed by atoms with E-state index in [1.165, 1.54) is 10.8 Å². The van der Waals surface area contributed by atoms with Gasteiger partial charge in [0.2, 0.25) is 0 Å². The van der Waals surface area contributed by atoms with Crippen LogP contribution in [0.2, 0.25) is 0 Å². The zero-order valence-electron chi connectivity index (χ0n) is 17.4. The van der Waals surface area contributed by atoms with Crippen LogP contribution in [-0.4, -0.2) is 32.2 Å². The molecule has 2 heterocycles. The molecule has 5 heteroatoms. The van der Waals surface area contributed by atoms with Crippen LogP contribution in [0.1, 0.15) is 24.2 Å². The Morgan fingerprint density at radius 1 is 0.613 bits per heavy atom. The van der Waals surface area contributed by atoms with E-state index in [4.69, 9.17) is 33.2 Å². The summed E-state index contributed by atoms with van der Waals surface area (Å²) < 4.78 is 0. The third kappa shape index (κ3) is 6.12. The number of rotatable bonds is 10. The zero-order valence-corrected chi connectivity index (χ0v) is 19.7. The van der Waals surface area contributed by atoms with Gasteiger partial charge in [0, 0.05) is 57.3 Å². The van der Waals surface area contributed by atoms with E-state index < -0.39 is 0 Å². The number of aromatic nitrogens is 2. The van der Waals surface area contributed by atoms with Crippen molar-refractivity contribution in [2.45, 2.75) is 36.2 Å². The Kier molecular flexibility index (Phi) is 8.07. The van der Waals surface area contributed by atoms with Gasteiger partial charge in [0.05, 0.1) is 11.0 Å². The van der Waals surface area contributed by atoms with Crippen molar-refractivity contribution in [2.24, 2.45) is 0 Å². The van der Waals surface area contributed by atoms with Gasteiger partial charge in [0.1, 0.15) is 0 Å². The summed E-state index contributed by atoms with van der Waals surface area (Å²) in [5, 5.41) is 3.16. The second kappa shape index (κ2) is 11.2. The molecule has 0 amide bonds. The molecule has 0 radical (unpaired) electrons. The minimum atomic E-state index is 0.403. The molecule has 0 aliphatic heterocycles. The van der Waals surface area contributed by atoms with Crippen LogP contribution >= 0.6 is 35.0 Å². The Balaban J connectivity index is 1.48. The number of hydrogen-bond acceptors (Lipinski definition) is 3. The standard InChI is InChI=1S/C26H26Cl2N2S/c27-15-13-23(17-21-11-9-19-5-1-3-7-25(19)29-21)31-24(14-16-28)18-22-12-10-20-6-2-4-8-26(20)30-22/h1-12,23-24H,13-18H2. The first-order chi connectivity index (χ1) is 15.2. The van der Waals surface area contributed by atoms with Gasteiger partial charge in [0.15, 0.2) is 0 Å². The van der Waals surface area contributed by atoms with E-state index in [2.05, 4.69) is 48.5 Å². The van der Waals surface area contributed by atoms with E-state index in [0.717, 1.165) is 48.1 Å². The molecule has 0 bridgehead atoms. The van der Waals surface area contributed by atoms with Crippen LogP contribution < -0.4 is 0 Å². The highest BCUT2D eigenvalue weighted by molar-refractivity contribution is 8.00. The Bertz CT molecular complexity index is 1050. The summed E-state index contributed by atoms with van der Waals surface area (Å²) >= 11 is 14.3. The number of halogens is 2. The van der Waals surface area contributed by atoms with Gasteiger partial charge in [-0.15, -0.1) is 23.2 Å². The topological polar surface area (TPSA) is 25.8 Å². The summed E-state index contributed by atoms with van der Waals surface area (Å²) in [6.45, 7) is 0. The molecule has 2 aromatic heterocycles. The maximum Gasteiger partial charge on any atom is 0.0705 e. The maximum atomic E-state index is 6.17. The number of pyridine rings is 2. The van der Waals surface area contributed by atoms with E-state index in [9.17, 15) is 0 Å². The monoisotopic (exact) mass is 468 g/mol. The highest BCUT2D eigenvalue weighted by atomic mass is 35.5. The largest absolute Gasteiger partial charge is 0.253 e. The van der Waals surface area contributed by atoms with Crippen molar-refractivity contribution in [3.63, 3.8) is 0 Å². The van der Waals surface area contributed by atoms with Crippen molar-refractivity contribution in [3.05, 3.63) is 84.2 Å². The van der Waals surface area contributed by atoms with E-state index >= 15 is 0 Å². The maximum absolute atomic E-state index is 6.17. The quantitative estimate of drug-likeness (QED) is 0.228. The first-order valence-electron chi connectivity index (χ1n) is 10.7. The summed E-state index contributed by atoms with van der Waals surface area (Å²) in [5.74, 6) is 1.29. The van der Waals surface area contributed by atoms with Crippen LogP contribution in [0.5, 0.6) is 0 Å². The molecule has 0 saturated heterocycles. The lowest BCUT2D eigenvalue weighted by Gasteiger charge is -2.22. The minimum absolute atomic E-state index is 0.403. The normalized spacial score (nSPS) is 13.5. The number of nitrogens with zero attached hydrogens (tertiary/aromatic N) is 2. The SMILES string of the molecule is ClCCC(Cc1ccc2ccccc2n1)SC(CCCl)Cc1ccc2ccccc2n1. The lowest BCUT2D eigenvalue weighted by atomic mass is 10.1. The van der Waals surface area contributed by atoms with Crippen LogP contribution in [0.15, 0.2) is 72.8 Å². The Morgan fingerprint density at radius 3 is 1.52 bits per heavy atom. The predicted molar refractivity (Wildman–Crippen MR) is 137 cm³/mol. The van der Waals surface area contributed by atoms with Gasteiger partial charge in [0.25, 0.3) is 0 Å². The molecule has 0 fully saturated rings. The van der Waals surface area contributed by atoms with Crippen molar-refractivity contribution in [1.82, 2.24) is 9.97 Å². The van der Waals surface area contributed by atoms with E-state index in [0.29, 0.717) is 22.3 Å². The second-order valence-corrected chi connectivity index (χ2v) is 10.1. The van der Waals surface area contributed by atoms with Crippen molar-refractivity contribution in [2.75, 3.05) is 11.8 Å². The zero-order chi connectivity index (χ0) is 21.5. The number of hydrogen-bond donors (Lipinski definition) is 0. The molecule has 2 nitrogen and oxygen atoms in total. The fourth-order valence-corrected chi connectivity index (χ4v) is 6.23. The highest BCUT2D eigenvalue weighted by Gasteiger charge is 2.19. The molecule has 2 unspecified atom stereocenters. The molecule has 0 aliphatic carbocycles. The molecule has 4 rings (SSSR count). The first kappa shape index (κ1) is 22.4. The van der Waals surface area contributed by atoms with E-state index in [1.54, 1.807) is 0 Å². The second-order valence-electron chi connectivity index (χ2n) is 7.73. The molecule has 2 aromatic carbocycles. The number of alkyl halides is 2. The molecule has 160 valence electrons. The van der Waals surface area contributed by atoms with Gasteiger partial charge in [-0.1, -0.05) is 48.5 Å². The molecule has 0 N–H and O–H groups in total. The summed E-state index contributed by atoms with van der Waals surface area (Å²) in [6.07, 6.45) is 3.72. The van der Waals surface area contributed by atoms with Gasteiger partial charge in [-0.05, 0) is 37.1 Å². The smallest absolute Gasteiger partial charge is 0.0705 e. The van der Waals surface area contributed by atoms with Crippen LogP contribution in [0, 0.1) is 0 Å². The predicted octanol–water partition coefficient (Wildman–Crippen LogP) is 7.30. The van der Waals surface area contributed by atoms with Crippen molar-refractivity contribution >= 4 is 56.8 Å². The van der Waals surface area contributed by atoms with E-state index in [1.807, 2.05) is 36.0 Å². The number of fused-ring (bicyclic) bond motifs is 2. The lowest BCUT2D eigenvalue weighted by Crippen LogP contribution is -2.18. The van der Waals surface area contributed by atoms with Crippen molar-refractivity contribution in [1.29, 1.82) is 0 Å². The summed E-state index contributed by atoms with van der Waals surface area (Å²) in [5.41, 5.74) is 4.34. The van der Waals surface area contributed by atoms with Crippen LogP contribution in [0.3, 0.4) is 0 Å². The third-order valence-electron chi connectivity index (χ3n) is 5.43.